The minimum atomic E-state index is -0.959. The maximum atomic E-state index is 10.7. The third-order valence-corrected chi connectivity index (χ3v) is 1.66. The standard InChI is InChI=1S/C9H11NO2/c1-6(2)7-4-3-5-10-8(7)9(11)12/h3-6H,1-2H3,(H,11,12). The highest BCUT2D eigenvalue weighted by Gasteiger charge is 2.12. The molecule has 0 atom stereocenters. The van der Waals surface area contributed by atoms with Crippen LogP contribution in [0.25, 0.3) is 0 Å². The predicted octanol–water partition coefficient (Wildman–Crippen LogP) is 1.90. The van der Waals surface area contributed by atoms with Crippen molar-refractivity contribution in [1.82, 2.24) is 4.98 Å². The maximum absolute atomic E-state index is 10.7. The summed E-state index contributed by atoms with van der Waals surface area (Å²) in [5.41, 5.74) is 0.942. The molecule has 3 heteroatoms. The van der Waals surface area contributed by atoms with Crippen LogP contribution in [-0.2, 0) is 0 Å². The van der Waals surface area contributed by atoms with E-state index in [1.807, 2.05) is 13.8 Å². The van der Waals surface area contributed by atoms with E-state index in [2.05, 4.69) is 4.98 Å². The van der Waals surface area contributed by atoms with Crippen LogP contribution in [-0.4, -0.2) is 16.1 Å². The molecule has 1 N–H and O–H groups in total. The van der Waals surface area contributed by atoms with Crippen molar-refractivity contribution in [1.29, 1.82) is 0 Å². The highest BCUT2D eigenvalue weighted by molar-refractivity contribution is 5.87. The molecule has 0 amide bonds. The zero-order valence-corrected chi connectivity index (χ0v) is 7.11. The Morgan fingerprint density at radius 2 is 2.25 bits per heavy atom. The summed E-state index contributed by atoms with van der Waals surface area (Å²) in [7, 11) is 0. The molecule has 0 saturated carbocycles. The maximum Gasteiger partial charge on any atom is 0.354 e. The molecule has 0 aromatic carbocycles. The quantitative estimate of drug-likeness (QED) is 0.728. The van der Waals surface area contributed by atoms with Crippen LogP contribution < -0.4 is 0 Å². The van der Waals surface area contributed by atoms with E-state index in [-0.39, 0.29) is 11.6 Å². The highest BCUT2D eigenvalue weighted by Crippen LogP contribution is 2.16. The first-order valence-corrected chi connectivity index (χ1v) is 3.81. The summed E-state index contributed by atoms with van der Waals surface area (Å²) in [6.45, 7) is 3.90. The third kappa shape index (κ3) is 1.61. The molecule has 0 aliphatic carbocycles. The summed E-state index contributed by atoms with van der Waals surface area (Å²) in [6, 6.07) is 3.54. The van der Waals surface area contributed by atoms with Gasteiger partial charge in [-0.1, -0.05) is 19.9 Å². The largest absolute Gasteiger partial charge is 0.477 e. The van der Waals surface area contributed by atoms with Gasteiger partial charge in [-0.15, -0.1) is 0 Å². The lowest BCUT2D eigenvalue weighted by atomic mass is 10.0. The van der Waals surface area contributed by atoms with Crippen molar-refractivity contribution in [2.24, 2.45) is 0 Å². The molecule has 3 nitrogen and oxygen atoms in total. The highest BCUT2D eigenvalue weighted by atomic mass is 16.4. The second kappa shape index (κ2) is 3.34. The van der Waals surface area contributed by atoms with Gasteiger partial charge in [0.05, 0.1) is 0 Å². The fraction of sp³-hybridized carbons (Fsp3) is 0.333. The summed E-state index contributed by atoms with van der Waals surface area (Å²) < 4.78 is 0. The van der Waals surface area contributed by atoms with E-state index in [1.165, 1.54) is 6.20 Å². The zero-order chi connectivity index (χ0) is 9.14. The van der Waals surface area contributed by atoms with E-state index in [4.69, 9.17) is 5.11 Å². The van der Waals surface area contributed by atoms with Crippen LogP contribution in [0.3, 0.4) is 0 Å². The average Bonchev–Trinajstić information content (AvgIpc) is 2.04. The molecule has 1 aromatic rings. The van der Waals surface area contributed by atoms with Crippen molar-refractivity contribution in [3.05, 3.63) is 29.6 Å². The monoisotopic (exact) mass is 165 g/mol. The molecule has 0 unspecified atom stereocenters. The van der Waals surface area contributed by atoms with Gasteiger partial charge in [0.2, 0.25) is 0 Å². The lowest BCUT2D eigenvalue weighted by molar-refractivity contribution is 0.0688. The third-order valence-electron chi connectivity index (χ3n) is 1.66. The fourth-order valence-electron chi connectivity index (χ4n) is 1.06. The number of aromatic nitrogens is 1. The molecule has 0 aliphatic heterocycles. The van der Waals surface area contributed by atoms with E-state index in [9.17, 15) is 4.79 Å². The molecular weight excluding hydrogens is 154 g/mol. The van der Waals surface area contributed by atoms with Gasteiger partial charge in [0.25, 0.3) is 0 Å². The van der Waals surface area contributed by atoms with Crippen molar-refractivity contribution >= 4 is 5.97 Å². The van der Waals surface area contributed by atoms with Crippen LogP contribution in [0.1, 0.15) is 35.8 Å². The topological polar surface area (TPSA) is 50.2 Å². The van der Waals surface area contributed by atoms with Gasteiger partial charge in [-0.3, -0.25) is 0 Å². The fourth-order valence-corrected chi connectivity index (χ4v) is 1.06. The minimum absolute atomic E-state index is 0.160. The Morgan fingerprint density at radius 3 is 2.67 bits per heavy atom. The van der Waals surface area contributed by atoms with Crippen molar-refractivity contribution in [2.75, 3.05) is 0 Å². The predicted molar refractivity (Wildman–Crippen MR) is 45.3 cm³/mol. The van der Waals surface area contributed by atoms with Gasteiger partial charge in [-0.25, -0.2) is 9.78 Å². The first-order chi connectivity index (χ1) is 5.63. The molecule has 12 heavy (non-hydrogen) atoms. The number of nitrogens with zero attached hydrogens (tertiary/aromatic N) is 1. The Kier molecular flexibility index (Phi) is 2.43. The minimum Gasteiger partial charge on any atom is -0.477 e. The second-order valence-corrected chi connectivity index (χ2v) is 2.90. The number of hydrogen-bond acceptors (Lipinski definition) is 2. The molecule has 1 rings (SSSR count). The van der Waals surface area contributed by atoms with Gasteiger partial charge in [0, 0.05) is 6.20 Å². The molecule has 1 aromatic heterocycles. The molecule has 0 aliphatic rings. The van der Waals surface area contributed by atoms with Gasteiger partial charge in [-0.05, 0) is 17.5 Å². The Bertz CT molecular complexity index is 294. The number of pyridine rings is 1. The normalized spacial score (nSPS) is 10.2. The van der Waals surface area contributed by atoms with E-state index in [1.54, 1.807) is 12.1 Å². The summed E-state index contributed by atoms with van der Waals surface area (Å²) in [6.07, 6.45) is 1.50. The van der Waals surface area contributed by atoms with Gasteiger partial charge < -0.3 is 5.11 Å². The number of carboxylic acids is 1. The lowest BCUT2D eigenvalue weighted by Crippen LogP contribution is -2.06. The van der Waals surface area contributed by atoms with E-state index in [0.29, 0.717) is 0 Å². The van der Waals surface area contributed by atoms with Crippen LogP contribution in [0, 0.1) is 0 Å². The molecule has 0 radical (unpaired) electrons. The van der Waals surface area contributed by atoms with Crippen LogP contribution in [0.5, 0.6) is 0 Å². The number of carbonyl (C=O) groups is 1. The summed E-state index contributed by atoms with van der Waals surface area (Å²) in [4.78, 5) is 14.5. The van der Waals surface area contributed by atoms with Gasteiger partial charge in [0.15, 0.2) is 5.69 Å². The Hall–Kier alpha value is -1.38. The Balaban J connectivity index is 3.17. The van der Waals surface area contributed by atoms with Crippen LogP contribution in [0.2, 0.25) is 0 Å². The van der Waals surface area contributed by atoms with Crippen molar-refractivity contribution in [3.63, 3.8) is 0 Å². The van der Waals surface area contributed by atoms with Crippen molar-refractivity contribution < 1.29 is 9.90 Å². The molecule has 0 fully saturated rings. The number of aromatic carboxylic acids is 1. The molecule has 1 heterocycles. The van der Waals surface area contributed by atoms with Crippen LogP contribution >= 0.6 is 0 Å². The summed E-state index contributed by atoms with van der Waals surface area (Å²) >= 11 is 0. The van der Waals surface area contributed by atoms with Gasteiger partial charge in [-0.2, -0.15) is 0 Å². The molecule has 0 saturated heterocycles. The first kappa shape index (κ1) is 8.71. The van der Waals surface area contributed by atoms with E-state index in [0.717, 1.165) is 5.56 Å². The van der Waals surface area contributed by atoms with Crippen molar-refractivity contribution in [2.45, 2.75) is 19.8 Å². The molecular formula is C9H11NO2. The smallest absolute Gasteiger partial charge is 0.354 e. The number of carboxylic acid groups (broad SMARTS) is 1. The second-order valence-electron chi connectivity index (χ2n) is 2.90. The van der Waals surface area contributed by atoms with E-state index < -0.39 is 5.97 Å². The average molecular weight is 165 g/mol. The summed E-state index contributed by atoms with van der Waals surface area (Å²) in [5.74, 6) is -0.760. The van der Waals surface area contributed by atoms with Crippen molar-refractivity contribution in [3.8, 4) is 0 Å². The lowest BCUT2D eigenvalue weighted by Gasteiger charge is -2.06. The van der Waals surface area contributed by atoms with E-state index >= 15 is 0 Å². The van der Waals surface area contributed by atoms with Gasteiger partial charge in [0.1, 0.15) is 0 Å². The number of rotatable bonds is 2. The molecule has 64 valence electrons. The van der Waals surface area contributed by atoms with Crippen LogP contribution in [0.4, 0.5) is 0 Å². The SMILES string of the molecule is CC(C)c1cccnc1C(=O)O. The Morgan fingerprint density at radius 1 is 1.58 bits per heavy atom. The van der Waals surface area contributed by atoms with Crippen LogP contribution in [0.15, 0.2) is 18.3 Å². The molecule has 0 spiro atoms. The molecule has 0 bridgehead atoms. The van der Waals surface area contributed by atoms with Gasteiger partial charge >= 0.3 is 5.97 Å². The zero-order valence-electron chi connectivity index (χ0n) is 7.11. The Labute approximate surface area is 71.1 Å². The first-order valence-electron chi connectivity index (χ1n) is 3.81. The summed E-state index contributed by atoms with van der Waals surface area (Å²) in [5, 5.41) is 8.75. The number of hydrogen-bond donors (Lipinski definition) is 1.